The summed E-state index contributed by atoms with van der Waals surface area (Å²) in [5.74, 6) is 1.44. The van der Waals surface area contributed by atoms with E-state index in [2.05, 4.69) is 13.8 Å². The molecule has 0 spiro atoms. The lowest BCUT2D eigenvalue weighted by atomic mass is 10.00. The maximum absolute atomic E-state index is 12.1. The van der Waals surface area contributed by atoms with Crippen LogP contribution in [0.4, 0.5) is 0 Å². The number of nitrogens with two attached hydrogens (primary N) is 1. The van der Waals surface area contributed by atoms with Crippen molar-refractivity contribution in [3.63, 3.8) is 0 Å². The molecule has 2 unspecified atom stereocenters. The zero-order chi connectivity index (χ0) is 15.6. The van der Waals surface area contributed by atoms with Gasteiger partial charge in [0, 0.05) is 19.0 Å². The summed E-state index contributed by atoms with van der Waals surface area (Å²) in [5, 5.41) is 0. The zero-order valence-corrected chi connectivity index (χ0v) is 13.4. The third-order valence-electron chi connectivity index (χ3n) is 3.63. The molecule has 2 N–H and O–H groups in total. The Labute approximate surface area is 127 Å². The van der Waals surface area contributed by atoms with Crippen LogP contribution in [-0.4, -0.2) is 29.5 Å². The van der Waals surface area contributed by atoms with Crippen LogP contribution in [0.2, 0.25) is 0 Å². The van der Waals surface area contributed by atoms with E-state index < -0.39 is 0 Å². The van der Waals surface area contributed by atoms with E-state index in [4.69, 9.17) is 10.5 Å². The quantitative estimate of drug-likeness (QED) is 0.907. The molecular formula is C17H26N2O2. The largest absolute Gasteiger partial charge is 0.491 e. The highest BCUT2D eigenvalue weighted by atomic mass is 16.5. The van der Waals surface area contributed by atoms with Gasteiger partial charge >= 0.3 is 0 Å². The fourth-order valence-electron chi connectivity index (χ4n) is 2.87. The maximum Gasteiger partial charge on any atom is 0.224 e. The molecule has 21 heavy (non-hydrogen) atoms. The number of carbonyl (C=O) groups is 1. The van der Waals surface area contributed by atoms with E-state index in [9.17, 15) is 4.79 Å². The third-order valence-corrected chi connectivity index (χ3v) is 3.63. The van der Waals surface area contributed by atoms with Crippen LogP contribution >= 0.6 is 0 Å². The first kappa shape index (κ1) is 15.8. The number of rotatable bonds is 5. The summed E-state index contributed by atoms with van der Waals surface area (Å²) in [4.78, 5) is 14.1. The van der Waals surface area contributed by atoms with Gasteiger partial charge in [-0.3, -0.25) is 4.79 Å². The molecular weight excluding hydrogens is 264 g/mol. The minimum absolute atomic E-state index is 0.0204. The second kappa shape index (κ2) is 6.48. The van der Waals surface area contributed by atoms with Gasteiger partial charge in [0.05, 0.1) is 12.1 Å². The number of hydrogen-bond donors (Lipinski definition) is 1. The van der Waals surface area contributed by atoms with Crippen molar-refractivity contribution in [2.75, 3.05) is 6.54 Å². The van der Waals surface area contributed by atoms with Gasteiger partial charge in [0.1, 0.15) is 5.75 Å². The van der Waals surface area contributed by atoms with Gasteiger partial charge in [-0.2, -0.15) is 0 Å². The molecule has 1 aromatic carbocycles. The molecule has 2 rings (SSSR count). The Balaban J connectivity index is 2.19. The lowest BCUT2D eigenvalue weighted by Crippen LogP contribution is -2.35. The second-order valence-corrected chi connectivity index (χ2v) is 6.49. The predicted molar refractivity (Wildman–Crippen MR) is 84.1 cm³/mol. The lowest BCUT2D eigenvalue weighted by Gasteiger charge is -2.29. The van der Waals surface area contributed by atoms with Crippen LogP contribution in [0.25, 0.3) is 0 Å². The Morgan fingerprint density at radius 2 is 1.86 bits per heavy atom. The van der Waals surface area contributed by atoms with Gasteiger partial charge in [-0.25, -0.2) is 0 Å². The van der Waals surface area contributed by atoms with Crippen molar-refractivity contribution in [1.29, 1.82) is 0 Å². The summed E-state index contributed by atoms with van der Waals surface area (Å²) < 4.78 is 5.66. The summed E-state index contributed by atoms with van der Waals surface area (Å²) in [6.45, 7) is 9.00. The summed E-state index contributed by atoms with van der Waals surface area (Å²) >= 11 is 0. The van der Waals surface area contributed by atoms with Gasteiger partial charge in [0.15, 0.2) is 0 Å². The Hall–Kier alpha value is -1.55. The van der Waals surface area contributed by atoms with Gasteiger partial charge in [-0.05, 0) is 37.5 Å². The number of likely N-dealkylation sites (tertiary alicyclic amines) is 1. The molecule has 1 fully saturated rings. The van der Waals surface area contributed by atoms with Crippen LogP contribution in [0.3, 0.4) is 0 Å². The van der Waals surface area contributed by atoms with E-state index in [1.807, 2.05) is 43.0 Å². The van der Waals surface area contributed by atoms with E-state index in [1.54, 1.807) is 0 Å². The highest BCUT2D eigenvalue weighted by molar-refractivity contribution is 5.80. The molecule has 1 aliphatic heterocycles. The number of hydrogen-bond acceptors (Lipinski definition) is 3. The standard InChI is InChI=1S/C17H26N2O2/c1-11(2)10-19-16(20)9-15(18)17(19)13-5-7-14(8-6-13)21-12(3)4/h5-8,11-12,15,17H,9-10,18H2,1-4H3. The average molecular weight is 290 g/mol. The van der Waals surface area contributed by atoms with E-state index >= 15 is 0 Å². The maximum atomic E-state index is 12.1. The highest BCUT2D eigenvalue weighted by Gasteiger charge is 2.38. The number of ether oxygens (including phenoxy) is 1. The molecule has 1 aromatic rings. The summed E-state index contributed by atoms with van der Waals surface area (Å²) in [7, 11) is 0. The van der Waals surface area contributed by atoms with Gasteiger partial charge in [0.25, 0.3) is 0 Å². The fraction of sp³-hybridized carbons (Fsp3) is 0.588. The van der Waals surface area contributed by atoms with E-state index in [0.29, 0.717) is 12.3 Å². The van der Waals surface area contributed by atoms with Crippen LogP contribution in [0.1, 0.15) is 45.7 Å². The summed E-state index contributed by atoms with van der Waals surface area (Å²) in [5.41, 5.74) is 7.28. The Morgan fingerprint density at radius 1 is 1.24 bits per heavy atom. The number of benzene rings is 1. The van der Waals surface area contributed by atoms with Gasteiger partial charge < -0.3 is 15.4 Å². The van der Waals surface area contributed by atoms with Crippen LogP contribution in [0.15, 0.2) is 24.3 Å². The second-order valence-electron chi connectivity index (χ2n) is 6.49. The Morgan fingerprint density at radius 3 is 2.38 bits per heavy atom. The highest BCUT2D eigenvalue weighted by Crippen LogP contribution is 2.33. The van der Waals surface area contributed by atoms with Crippen molar-refractivity contribution >= 4 is 5.91 Å². The van der Waals surface area contributed by atoms with Gasteiger partial charge in [-0.1, -0.05) is 26.0 Å². The van der Waals surface area contributed by atoms with Crippen LogP contribution in [0.5, 0.6) is 5.75 Å². The van der Waals surface area contributed by atoms with Crippen molar-refractivity contribution in [3.05, 3.63) is 29.8 Å². The topological polar surface area (TPSA) is 55.6 Å². The van der Waals surface area contributed by atoms with Crippen molar-refractivity contribution in [3.8, 4) is 5.75 Å². The minimum Gasteiger partial charge on any atom is -0.491 e. The normalized spacial score (nSPS) is 22.4. The molecule has 2 atom stereocenters. The SMILES string of the molecule is CC(C)CN1C(=O)CC(N)C1c1ccc(OC(C)C)cc1. The fourth-order valence-corrected chi connectivity index (χ4v) is 2.87. The van der Waals surface area contributed by atoms with Gasteiger partial charge in [0.2, 0.25) is 5.91 Å². The smallest absolute Gasteiger partial charge is 0.224 e. The lowest BCUT2D eigenvalue weighted by molar-refractivity contribution is -0.129. The molecule has 4 nitrogen and oxygen atoms in total. The van der Waals surface area contributed by atoms with E-state index in [1.165, 1.54) is 0 Å². The molecule has 0 bridgehead atoms. The molecule has 1 aliphatic rings. The Kier molecular flexibility index (Phi) is 4.88. The first-order valence-electron chi connectivity index (χ1n) is 7.70. The van der Waals surface area contributed by atoms with Crippen LogP contribution in [0, 0.1) is 5.92 Å². The van der Waals surface area contributed by atoms with Crippen LogP contribution in [-0.2, 0) is 4.79 Å². The van der Waals surface area contributed by atoms with E-state index in [0.717, 1.165) is 17.9 Å². The van der Waals surface area contributed by atoms with Gasteiger partial charge in [-0.15, -0.1) is 0 Å². The molecule has 1 amide bonds. The first-order chi connectivity index (χ1) is 9.88. The van der Waals surface area contributed by atoms with Crippen molar-refractivity contribution < 1.29 is 9.53 Å². The molecule has 0 radical (unpaired) electrons. The van der Waals surface area contributed by atoms with Crippen molar-refractivity contribution in [2.45, 2.75) is 52.3 Å². The van der Waals surface area contributed by atoms with Crippen molar-refractivity contribution in [1.82, 2.24) is 4.90 Å². The summed E-state index contributed by atoms with van der Waals surface area (Å²) in [6, 6.07) is 7.81. The third kappa shape index (κ3) is 3.76. The van der Waals surface area contributed by atoms with E-state index in [-0.39, 0.29) is 24.1 Å². The monoisotopic (exact) mass is 290 g/mol. The van der Waals surface area contributed by atoms with Crippen molar-refractivity contribution in [2.24, 2.45) is 11.7 Å². The molecule has 1 heterocycles. The number of carbonyl (C=O) groups excluding carboxylic acids is 1. The first-order valence-corrected chi connectivity index (χ1v) is 7.70. The number of nitrogens with zero attached hydrogens (tertiary/aromatic N) is 1. The van der Waals surface area contributed by atoms with Crippen LogP contribution < -0.4 is 10.5 Å². The predicted octanol–water partition coefficient (Wildman–Crippen LogP) is 2.73. The molecule has 1 saturated heterocycles. The molecule has 0 saturated carbocycles. The summed E-state index contributed by atoms with van der Waals surface area (Å²) in [6.07, 6.45) is 0.588. The number of amides is 1. The Bertz CT molecular complexity index is 482. The minimum atomic E-state index is -0.131. The molecule has 0 aromatic heterocycles. The zero-order valence-electron chi connectivity index (χ0n) is 13.4. The molecule has 116 valence electrons. The molecule has 4 heteroatoms. The average Bonchev–Trinajstić information content (AvgIpc) is 2.64. The molecule has 0 aliphatic carbocycles.